The third kappa shape index (κ3) is 6.16. The summed E-state index contributed by atoms with van der Waals surface area (Å²) in [5.41, 5.74) is 15.2. The fourth-order valence-corrected chi connectivity index (χ4v) is 10.7. The van der Waals surface area contributed by atoms with Gasteiger partial charge in [0.2, 0.25) is 5.95 Å². The lowest BCUT2D eigenvalue weighted by atomic mass is 9.98. The van der Waals surface area contributed by atoms with Crippen LogP contribution in [0.4, 0.5) is 0 Å². The van der Waals surface area contributed by atoms with Gasteiger partial charge in [-0.05, 0) is 77.4 Å². The zero-order valence-corrected chi connectivity index (χ0v) is 37.3. The number of fused-ring (bicyclic) bond motifs is 9. The molecule has 14 rings (SSSR count). The molecule has 6 nitrogen and oxygen atoms in total. The molecular formula is C63H40N6. The minimum Gasteiger partial charge on any atom is -0.309 e. The van der Waals surface area contributed by atoms with E-state index < -0.39 is 0 Å². The second kappa shape index (κ2) is 15.6. The summed E-state index contributed by atoms with van der Waals surface area (Å²) >= 11 is 0. The number of nitrogens with zero attached hydrogens (tertiary/aromatic N) is 6. The van der Waals surface area contributed by atoms with Crippen molar-refractivity contribution in [2.75, 3.05) is 0 Å². The number of aromatic nitrogens is 6. The van der Waals surface area contributed by atoms with Crippen molar-refractivity contribution in [1.82, 2.24) is 28.7 Å². The lowest BCUT2D eigenvalue weighted by molar-refractivity contribution is 0.954. The van der Waals surface area contributed by atoms with Gasteiger partial charge in [-0.25, -0.2) is 4.98 Å². The van der Waals surface area contributed by atoms with Crippen molar-refractivity contribution in [3.63, 3.8) is 0 Å². The van der Waals surface area contributed by atoms with Gasteiger partial charge in [0.25, 0.3) is 0 Å². The van der Waals surface area contributed by atoms with Crippen LogP contribution in [-0.4, -0.2) is 28.7 Å². The molecular weight excluding hydrogens is 841 g/mol. The van der Waals surface area contributed by atoms with Crippen molar-refractivity contribution in [1.29, 1.82) is 0 Å². The summed E-state index contributed by atoms with van der Waals surface area (Å²) in [6.45, 7) is 0. The standard InChI is InChI=1S/C63H40N6/c1-3-19-41(20-4-1)61-64-62(44-23-15-21-42(39-44)47-31-18-38-58-59(47)53-30-10-14-37-57(53)67(58)45-24-5-2-6-25-45)66-63(65-61)69-56-36-13-9-29-51(56)52-33-17-32-48(60(52)69)43-22-16-26-46(40-43)68-54-34-11-7-27-49(54)50-28-8-12-35-55(50)68/h1-40H. The van der Waals surface area contributed by atoms with E-state index >= 15 is 0 Å². The van der Waals surface area contributed by atoms with Crippen LogP contribution in [0.25, 0.3) is 128 Å². The predicted molar refractivity (Wildman–Crippen MR) is 285 cm³/mol. The summed E-state index contributed by atoms with van der Waals surface area (Å²) in [7, 11) is 0. The third-order valence-electron chi connectivity index (χ3n) is 13.7. The maximum atomic E-state index is 5.46. The average Bonchev–Trinajstić information content (AvgIpc) is 4.07. The molecule has 0 bridgehead atoms. The van der Waals surface area contributed by atoms with E-state index in [1.54, 1.807) is 0 Å². The summed E-state index contributed by atoms with van der Waals surface area (Å²) in [4.78, 5) is 16.1. The van der Waals surface area contributed by atoms with Crippen LogP contribution in [0.5, 0.6) is 0 Å². The van der Waals surface area contributed by atoms with E-state index in [0.29, 0.717) is 17.6 Å². The van der Waals surface area contributed by atoms with Crippen LogP contribution in [0, 0.1) is 0 Å². The largest absolute Gasteiger partial charge is 0.309 e. The lowest BCUT2D eigenvalue weighted by Gasteiger charge is -2.14. The van der Waals surface area contributed by atoms with E-state index in [0.717, 1.165) is 72.1 Å². The van der Waals surface area contributed by atoms with Gasteiger partial charge in [0.05, 0.1) is 33.1 Å². The first-order valence-electron chi connectivity index (χ1n) is 23.4. The van der Waals surface area contributed by atoms with Crippen LogP contribution in [0.2, 0.25) is 0 Å². The molecule has 14 aromatic rings. The van der Waals surface area contributed by atoms with Crippen LogP contribution < -0.4 is 0 Å². The first-order valence-corrected chi connectivity index (χ1v) is 23.4. The van der Waals surface area contributed by atoms with Crippen molar-refractivity contribution in [3.05, 3.63) is 243 Å². The van der Waals surface area contributed by atoms with E-state index in [1.807, 2.05) is 18.2 Å². The molecule has 322 valence electrons. The monoisotopic (exact) mass is 880 g/mol. The Morgan fingerprint density at radius 2 is 0.696 bits per heavy atom. The number of para-hydroxylation sites is 6. The normalized spacial score (nSPS) is 11.8. The molecule has 0 amide bonds. The Labute approximate surface area is 397 Å². The van der Waals surface area contributed by atoms with Gasteiger partial charge in [-0.3, -0.25) is 4.57 Å². The van der Waals surface area contributed by atoms with Crippen molar-refractivity contribution < 1.29 is 0 Å². The molecule has 6 heteroatoms. The Bertz CT molecular complexity index is 4260. The summed E-state index contributed by atoms with van der Waals surface area (Å²) < 4.78 is 6.99. The molecule has 4 aromatic heterocycles. The van der Waals surface area contributed by atoms with Crippen LogP contribution >= 0.6 is 0 Å². The molecule has 0 radical (unpaired) electrons. The fraction of sp³-hybridized carbons (Fsp3) is 0. The highest BCUT2D eigenvalue weighted by Gasteiger charge is 2.22. The average molecular weight is 881 g/mol. The zero-order chi connectivity index (χ0) is 45.4. The highest BCUT2D eigenvalue weighted by molar-refractivity contribution is 6.16. The molecule has 0 saturated carbocycles. The minimum atomic E-state index is 0.550. The topological polar surface area (TPSA) is 53.5 Å². The maximum absolute atomic E-state index is 5.46. The first-order chi connectivity index (χ1) is 34.2. The van der Waals surface area contributed by atoms with Crippen molar-refractivity contribution in [2.24, 2.45) is 0 Å². The molecule has 0 unspecified atom stereocenters. The molecule has 0 N–H and O–H groups in total. The molecule has 0 fully saturated rings. The molecule has 0 aliphatic carbocycles. The summed E-state index contributed by atoms with van der Waals surface area (Å²) in [6.07, 6.45) is 0. The molecule has 69 heavy (non-hydrogen) atoms. The van der Waals surface area contributed by atoms with E-state index in [9.17, 15) is 0 Å². The van der Waals surface area contributed by atoms with Gasteiger partial charge < -0.3 is 9.13 Å². The van der Waals surface area contributed by atoms with Crippen molar-refractivity contribution >= 4 is 65.4 Å². The molecule has 0 spiro atoms. The van der Waals surface area contributed by atoms with Crippen molar-refractivity contribution in [2.45, 2.75) is 0 Å². The highest BCUT2D eigenvalue weighted by atomic mass is 15.2. The number of hydrogen-bond acceptors (Lipinski definition) is 3. The van der Waals surface area contributed by atoms with E-state index in [1.165, 1.54) is 38.1 Å². The lowest BCUT2D eigenvalue weighted by Crippen LogP contribution is -2.07. The number of benzene rings is 10. The molecule has 10 aromatic carbocycles. The Hall–Kier alpha value is -9.39. The highest BCUT2D eigenvalue weighted by Crippen LogP contribution is 2.42. The summed E-state index contributed by atoms with van der Waals surface area (Å²) in [5.74, 6) is 1.75. The molecule has 0 aliphatic rings. The van der Waals surface area contributed by atoms with Gasteiger partial charge in [-0.2, -0.15) is 9.97 Å². The number of rotatable bonds is 7. The molecule has 0 atom stereocenters. The Kier molecular flexibility index (Phi) is 8.79. The van der Waals surface area contributed by atoms with Crippen LogP contribution in [0.1, 0.15) is 0 Å². The van der Waals surface area contributed by atoms with E-state index in [-0.39, 0.29) is 0 Å². The third-order valence-corrected chi connectivity index (χ3v) is 13.7. The summed E-state index contributed by atoms with van der Waals surface area (Å²) in [5, 5.41) is 7.13. The molecule has 0 saturated heterocycles. The predicted octanol–water partition coefficient (Wildman–Crippen LogP) is 15.8. The van der Waals surface area contributed by atoms with Crippen LogP contribution in [0.15, 0.2) is 243 Å². The minimum absolute atomic E-state index is 0.550. The van der Waals surface area contributed by atoms with Gasteiger partial charge in [0.1, 0.15) is 0 Å². The Balaban J connectivity index is 0.977. The van der Waals surface area contributed by atoms with E-state index in [2.05, 4.69) is 238 Å². The summed E-state index contributed by atoms with van der Waals surface area (Å²) in [6, 6.07) is 86.2. The zero-order valence-electron chi connectivity index (χ0n) is 37.3. The van der Waals surface area contributed by atoms with Gasteiger partial charge in [0, 0.05) is 60.4 Å². The van der Waals surface area contributed by atoms with Crippen LogP contribution in [-0.2, 0) is 0 Å². The molecule has 4 heterocycles. The van der Waals surface area contributed by atoms with Crippen molar-refractivity contribution in [3.8, 4) is 62.4 Å². The van der Waals surface area contributed by atoms with E-state index in [4.69, 9.17) is 15.0 Å². The first kappa shape index (κ1) is 38.8. The van der Waals surface area contributed by atoms with Crippen LogP contribution in [0.3, 0.4) is 0 Å². The second-order valence-electron chi connectivity index (χ2n) is 17.6. The number of hydrogen-bond donors (Lipinski definition) is 0. The smallest absolute Gasteiger partial charge is 0.238 e. The van der Waals surface area contributed by atoms with Gasteiger partial charge >= 0.3 is 0 Å². The maximum Gasteiger partial charge on any atom is 0.238 e. The second-order valence-corrected chi connectivity index (χ2v) is 17.6. The van der Waals surface area contributed by atoms with Gasteiger partial charge in [-0.1, -0.05) is 182 Å². The van der Waals surface area contributed by atoms with Gasteiger partial charge in [-0.15, -0.1) is 0 Å². The quantitative estimate of drug-likeness (QED) is 0.160. The fourth-order valence-electron chi connectivity index (χ4n) is 10.7. The van der Waals surface area contributed by atoms with Gasteiger partial charge in [0.15, 0.2) is 11.6 Å². The SMILES string of the molecule is c1ccc(-c2nc(-c3cccc(-c4cccc5c4c4ccccc4n5-c4ccccc4)c3)nc(-n3c4ccccc4c4cccc(-c5cccc(-n6c7ccccc7c7ccccc76)c5)c43)n2)cc1. The molecule has 0 aliphatic heterocycles. The Morgan fingerprint density at radius 3 is 1.41 bits per heavy atom. The Morgan fingerprint density at radius 1 is 0.261 bits per heavy atom.